The Kier molecular flexibility index (Phi) is 5.08. The SMILES string of the molecule is CNC(=O)NC(=O)C(C)N1CCC(C(=O)O)CC1. The maximum absolute atomic E-state index is 11.7. The van der Waals surface area contributed by atoms with Gasteiger partial charge in [-0.15, -0.1) is 0 Å². The van der Waals surface area contributed by atoms with E-state index in [4.69, 9.17) is 5.11 Å². The minimum Gasteiger partial charge on any atom is -0.481 e. The fraction of sp³-hybridized carbons (Fsp3) is 0.727. The summed E-state index contributed by atoms with van der Waals surface area (Å²) in [6, 6.07) is -0.968. The predicted octanol–water partition coefficient (Wildman–Crippen LogP) is -0.373. The molecule has 1 saturated heterocycles. The first-order valence-corrected chi connectivity index (χ1v) is 5.95. The van der Waals surface area contributed by atoms with Gasteiger partial charge in [0.25, 0.3) is 0 Å². The number of aliphatic carboxylic acids is 1. The van der Waals surface area contributed by atoms with Crippen LogP contribution in [0.25, 0.3) is 0 Å². The number of urea groups is 1. The summed E-state index contributed by atoms with van der Waals surface area (Å²) in [5.74, 6) is -1.48. The Morgan fingerprint density at radius 3 is 2.28 bits per heavy atom. The van der Waals surface area contributed by atoms with Crippen LogP contribution in [0.4, 0.5) is 4.79 Å². The van der Waals surface area contributed by atoms with Crippen molar-refractivity contribution in [1.82, 2.24) is 15.5 Å². The topological polar surface area (TPSA) is 98.7 Å². The smallest absolute Gasteiger partial charge is 0.321 e. The van der Waals surface area contributed by atoms with Crippen molar-refractivity contribution in [2.75, 3.05) is 20.1 Å². The normalized spacial score (nSPS) is 19.0. The van der Waals surface area contributed by atoms with Crippen molar-refractivity contribution in [3.05, 3.63) is 0 Å². The van der Waals surface area contributed by atoms with Gasteiger partial charge in [-0.1, -0.05) is 0 Å². The van der Waals surface area contributed by atoms with Crippen molar-refractivity contribution in [3.63, 3.8) is 0 Å². The fourth-order valence-corrected chi connectivity index (χ4v) is 1.98. The number of carbonyl (C=O) groups excluding carboxylic acids is 2. The number of hydrogen-bond donors (Lipinski definition) is 3. The number of nitrogens with one attached hydrogen (secondary N) is 2. The third-order valence-corrected chi connectivity index (χ3v) is 3.27. The van der Waals surface area contributed by atoms with E-state index in [9.17, 15) is 14.4 Å². The zero-order valence-corrected chi connectivity index (χ0v) is 10.6. The first-order valence-electron chi connectivity index (χ1n) is 5.95. The molecule has 1 atom stereocenters. The highest BCUT2D eigenvalue weighted by Gasteiger charge is 2.29. The lowest BCUT2D eigenvalue weighted by atomic mass is 9.96. The van der Waals surface area contributed by atoms with Crippen LogP contribution in [0.2, 0.25) is 0 Å². The first-order chi connectivity index (χ1) is 8.45. The molecule has 1 aliphatic heterocycles. The van der Waals surface area contributed by atoms with E-state index in [-0.39, 0.29) is 11.8 Å². The molecular weight excluding hydrogens is 238 g/mol. The molecule has 1 aliphatic rings. The molecule has 0 aromatic rings. The highest BCUT2D eigenvalue weighted by Crippen LogP contribution is 2.19. The molecule has 0 radical (unpaired) electrons. The number of nitrogens with zero attached hydrogens (tertiary/aromatic N) is 1. The van der Waals surface area contributed by atoms with Crippen LogP contribution < -0.4 is 10.6 Å². The van der Waals surface area contributed by atoms with Crippen molar-refractivity contribution < 1.29 is 19.5 Å². The molecule has 7 heteroatoms. The van der Waals surface area contributed by atoms with Gasteiger partial charge >= 0.3 is 12.0 Å². The summed E-state index contributed by atoms with van der Waals surface area (Å²) in [6.45, 7) is 2.82. The Balaban J connectivity index is 2.44. The van der Waals surface area contributed by atoms with E-state index in [1.54, 1.807) is 6.92 Å². The van der Waals surface area contributed by atoms with E-state index >= 15 is 0 Å². The largest absolute Gasteiger partial charge is 0.481 e. The second-order valence-corrected chi connectivity index (χ2v) is 4.39. The number of hydrogen-bond acceptors (Lipinski definition) is 4. The Hall–Kier alpha value is -1.63. The Morgan fingerprint density at radius 2 is 1.83 bits per heavy atom. The number of imide groups is 1. The van der Waals surface area contributed by atoms with Gasteiger partial charge in [0, 0.05) is 7.05 Å². The molecule has 18 heavy (non-hydrogen) atoms. The monoisotopic (exact) mass is 257 g/mol. The van der Waals surface area contributed by atoms with Crippen LogP contribution in [0.15, 0.2) is 0 Å². The van der Waals surface area contributed by atoms with Crippen LogP contribution in [0.3, 0.4) is 0 Å². The molecule has 1 unspecified atom stereocenters. The van der Waals surface area contributed by atoms with Crippen molar-refractivity contribution >= 4 is 17.9 Å². The number of carbonyl (C=O) groups is 3. The van der Waals surface area contributed by atoms with E-state index in [0.29, 0.717) is 25.9 Å². The summed E-state index contributed by atoms with van der Waals surface area (Å²) in [4.78, 5) is 35.4. The quantitative estimate of drug-likeness (QED) is 0.640. The molecule has 0 bridgehead atoms. The van der Waals surface area contributed by atoms with Crippen LogP contribution in [0, 0.1) is 5.92 Å². The Bertz CT molecular complexity index is 337. The van der Waals surface area contributed by atoms with Crippen molar-refractivity contribution in [2.45, 2.75) is 25.8 Å². The summed E-state index contributed by atoms with van der Waals surface area (Å²) in [5.41, 5.74) is 0. The maximum Gasteiger partial charge on any atom is 0.321 e. The van der Waals surface area contributed by atoms with Gasteiger partial charge in [-0.05, 0) is 32.9 Å². The van der Waals surface area contributed by atoms with E-state index in [1.165, 1.54) is 7.05 Å². The van der Waals surface area contributed by atoms with Crippen molar-refractivity contribution in [2.24, 2.45) is 5.92 Å². The van der Waals surface area contributed by atoms with Gasteiger partial charge in [-0.25, -0.2) is 4.79 Å². The second-order valence-electron chi connectivity index (χ2n) is 4.39. The first kappa shape index (κ1) is 14.4. The fourth-order valence-electron chi connectivity index (χ4n) is 1.98. The van der Waals surface area contributed by atoms with Gasteiger partial charge in [0.05, 0.1) is 12.0 Å². The molecule has 102 valence electrons. The summed E-state index contributed by atoms with van der Waals surface area (Å²) < 4.78 is 0. The molecular formula is C11H19N3O4. The lowest BCUT2D eigenvalue weighted by Crippen LogP contribution is -2.51. The zero-order valence-electron chi connectivity index (χ0n) is 10.6. The summed E-state index contributed by atoms with van der Waals surface area (Å²) in [6.07, 6.45) is 1.07. The van der Waals surface area contributed by atoms with E-state index < -0.39 is 18.0 Å². The molecule has 0 aromatic carbocycles. The maximum atomic E-state index is 11.7. The van der Waals surface area contributed by atoms with Crippen LogP contribution in [-0.4, -0.2) is 54.1 Å². The molecule has 0 aromatic heterocycles. The predicted molar refractivity (Wildman–Crippen MR) is 64.0 cm³/mol. The lowest BCUT2D eigenvalue weighted by molar-refractivity contribution is -0.143. The average molecular weight is 257 g/mol. The summed E-state index contributed by atoms with van der Waals surface area (Å²) >= 11 is 0. The molecule has 3 amide bonds. The van der Waals surface area contributed by atoms with Gasteiger partial charge in [0.2, 0.25) is 5.91 Å². The molecule has 0 aliphatic carbocycles. The van der Waals surface area contributed by atoms with Gasteiger partial charge in [0.15, 0.2) is 0 Å². The van der Waals surface area contributed by atoms with Crippen molar-refractivity contribution in [3.8, 4) is 0 Å². The average Bonchev–Trinajstić information content (AvgIpc) is 2.37. The van der Waals surface area contributed by atoms with Crippen molar-refractivity contribution in [1.29, 1.82) is 0 Å². The molecule has 1 rings (SSSR count). The standard InChI is InChI=1S/C11H19N3O4/c1-7(9(15)13-11(18)12-2)14-5-3-8(4-6-14)10(16)17/h7-8H,3-6H2,1-2H3,(H,16,17)(H2,12,13,15,18). The minimum absolute atomic E-state index is 0.324. The highest BCUT2D eigenvalue weighted by atomic mass is 16.4. The molecule has 1 fully saturated rings. The Morgan fingerprint density at radius 1 is 1.28 bits per heavy atom. The third-order valence-electron chi connectivity index (χ3n) is 3.27. The Labute approximate surface area is 106 Å². The molecule has 0 saturated carbocycles. The minimum atomic E-state index is -0.780. The van der Waals surface area contributed by atoms with Gasteiger partial charge in [-0.3, -0.25) is 19.8 Å². The van der Waals surface area contributed by atoms with Gasteiger partial charge in [-0.2, -0.15) is 0 Å². The molecule has 0 spiro atoms. The lowest BCUT2D eigenvalue weighted by Gasteiger charge is -2.33. The second kappa shape index (κ2) is 6.34. The van der Waals surface area contributed by atoms with Crippen LogP contribution in [0.5, 0.6) is 0 Å². The van der Waals surface area contributed by atoms with Crippen LogP contribution in [-0.2, 0) is 9.59 Å². The van der Waals surface area contributed by atoms with Crippen LogP contribution in [0.1, 0.15) is 19.8 Å². The van der Waals surface area contributed by atoms with E-state index in [0.717, 1.165) is 0 Å². The molecule has 7 nitrogen and oxygen atoms in total. The number of rotatable bonds is 3. The van der Waals surface area contributed by atoms with Crippen LogP contribution >= 0.6 is 0 Å². The molecule has 1 heterocycles. The number of amides is 3. The molecule has 3 N–H and O–H groups in total. The van der Waals surface area contributed by atoms with Gasteiger partial charge < -0.3 is 10.4 Å². The highest BCUT2D eigenvalue weighted by molar-refractivity contribution is 5.96. The number of carboxylic acids is 1. The number of piperidine rings is 1. The van der Waals surface area contributed by atoms with Gasteiger partial charge in [0.1, 0.15) is 0 Å². The number of likely N-dealkylation sites (tertiary alicyclic amines) is 1. The van der Waals surface area contributed by atoms with E-state index in [1.807, 2.05) is 4.90 Å². The zero-order chi connectivity index (χ0) is 13.7. The summed E-state index contributed by atoms with van der Waals surface area (Å²) in [7, 11) is 1.44. The van der Waals surface area contributed by atoms with E-state index in [2.05, 4.69) is 10.6 Å². The third kappa shape index (κ3) is 3.69. The summed E-state index contributed by atoms with van der Waals surface area (Å²) in [5, 5.41) is 13.4. The number of carboxylic acid groups (broad SMARTS) is 1.